The van der Waals surface area contributed by atoms with Gasteiger partial charge in [-0.2, -0.15) is 5.10 Å². The van der Waals surface area contributed by atoms with Crippen LogP contribution in [0.5, 0.6) is 0 Å². The van der Waals surface area contributed by atoms with Crippen LogP contribution in [0.3, 0.4) is 0 Å². The second-order valence-corrected chi connectivity index (χ2v) is 4.71. The Hall–Kier alpha value is -1.36. The van der Waals surface area contributed by atoms with Crippen LogP contribution in [0.2, 0.25) is 0 Å². The lowest BCUT2D eigenvalue weighted by atomic mass is 10.1. The maximum absolute atomic E-state index is 5.28. The molecule has 5 heteroatoms. The first-order valence-corrected chi connectivity index (χ1v) is 5.88. The third-order valence-corrected chi connectivity index (χ3v) is 2.91. The largest absolute Gasteiger partial charge is 0.369 e. The van der Waals surface area contributed by atoms with Crippen molar-refractivity contribution in [2.75, 3.05) is 0 Å². The van der Waals surface area contributed by atoms with Crippen molar-refractivity contribution in [1.82, 2.24) is 0 Å². The number of nitrogens with zero attached hydrogens (tertiary/aromatic N) is 2. The molecule has 0 radical (unpaired) electrons. The first-order valence-electron chi connectivity index (χ1n) is 5.09. The molecule has 16 heavy (non-hydrogen) atoms. The molecule has 0 spiro atoms. The Balaban J connectivity index is 2.29. The summed E-state index contributed by atoms with van der Waals surface area (Å²) in [4.78, 5) is 0. The fourth-order valence-corrected chi connectivity index (χ4v) is 1.73. The van der Waals surface area contributed by atoms with E-state index in [1.54, 1.807) is 0 Å². The van der Waals surface area contributed by atoms with Gasteiger partial charge in [0.15, 0.2) is 0 Å². The number of nitrogens with two attached hydrogens (primary N) is 2. The second-order valence-electron chi connectivity index (χ2n) is 3.79. The van der Waals surface area contributed by atoms with Crippen molar-refractivity contribution in [2.45, 2.75) is 12.8 Å². The summed E-state index contributed by atoms with van der Waals surface area (Å²) < 4.78 is 1.05. The molecular formula is C11H13BrN4. The van der Waals surface area contributed by atoms with Crippen LogP contribution >= 0.6 is 15.9 Å². The van der Waals surface area contributed by atoms with Gasteiger partial charge in [0.05, 0.1) is 5.71 Å². The maximum atomic E-state index is 5.28. The molecule has 0 heterocycles. The number of halogens is 1. The van der Waals surface area contributed by atoms with Crippen molar-refractivity contribution in [1.29, 1.82) is 0 Å². The van der Waals surface area contributed by atoms with E-state index in [9.17, 15) is 0 Å². The van der Waals surface area contributed by atoms with Crippen LogP contribution in [0.1, 0.15) is 18.4 Å². The predicted octanol–water partition coefficient (Wildman–Crippen LogP) is 1.84. The Labute approximate surface area is 103 Å². The van der Waals surface area contributed by atoms with Gasteiger partial charge in [0.2, 0.25) is 5.96 Å². The Morgan fingerprint density at radius 1 is 1.12 bits per heavy atom. The summed E-state index contributed by atoms with van der Waals surface area (Å²) in [5, 5.41) is 7.86. The number of rotatable bonds is 3. The standard InChI is InChI=1S/C11H13BrN4/c12-9-5-3-8(4-6-9)10(7-1-2-7)15-16-11(13)14/h3-7H,1-2H2,(H4,13,14,16). The molecule has 0 amide bonds. The lowest BCUT2D eigenvalue weighted by molar-refractivity contribution is 1.11. The van der Waals surface area contributed by atoms with Crippen molar-refractivity contribution in [3.63, 3.8) is 0 Å². The molecule has 0 aliphatic heterocycles. The highest BCUT2D eigenvalue weighted by molar-refractivity contribution is 9.10. The molecule has 0 aromatic heterocycles. The number of hydrogen-bond acceptors (Lipinski definition) is 2. The number of guanidine groups is 1. The second kappa shape index (κ2) is 4.65. The van der Waals surface area contributed by atoms with Gasteiger partial charge in [-0.15, -0.1) is 5.10 Å². The van der Waals surface area contributed by atoms with E-state index in [2.05, 4.69) is 26.1 Å². The highest BCUT2D eigenvalue weighted by Gasteiger charge is 2.28. The third kappa shape index (κ3) is 2.82. The molecule has 1 aliphatic rings. The minimum atomic E-state index is -0.00439. The SMILES string of the molecule is NC(N)=NN=C(c1ccc(Br)cc1)C1CC1. The average Bonchev–Trinajstić information content (AvgIpc) is 3.04. The molecule has 4 nitrogen and oxygen atoms in total. The van der Waals surface area contributed by atoms with E-state index in [-0.39, 0.29) is 5.96 Å². The first-order chi connectivity index (χ1) is 7.66. The van der Waals surface area contributed by atoms with Crippen LogP contribution in [0.4, 0.5) is 0 Å². The lowest BCUT2D eigenvalue weighted by Gasteiger charge is -2.03. The molecule has 0 atom stereocenters. The quantitative estimate of drug-likeness (QED) is 0.504. The molecule has 1 aromatic carbocycles. The first kappa shape index (κ1) is 11.1. The van der Waals surface area contributed by atoms with E-state index in [4.69, 9.17) is 11.5 Å². The fraction of sp³-hybridized carbons (Fsp3) is 0.273. The lowest BCUT2D eigenvalue weighted by Crippen LogP contribution is -2.22. The van der Waals surface area contributed by atoms with Crippen LogP contribution in [-0.4, -0.2) is 11.7 Å². The Morgan fingerprint density at radius 2 is 1.75 bits per heavy atom. The highest BCUT2D eigenvalue weighted by Crippen LogP contribution is 2.33. The van der Waals surface area contributed by atoms with Gasteiger partial charge in [0.25, 0.3) is 0 Å². The number of hydrogen-bond donors (Lipinski definition) is 2. The topological polar surface area (TPSA) is 76.8 Å². The van der Waals surface area contributed by atoms with Gasteiger partial charge < -0.3 is 11.5 Å². The Kier molecular flexibility index (Phi) is 3.24. The maximum Gasteiger partial charge on any atom is 0.211 e. The van der Waals surface area contributed by atoms with Crippen molar-refractivity contribution in [3.05, 3.63) is 34.3 Å². The van der Waals surface area contributed by atoms with E-state index in [1.165, 1.54) is 0 Å². The molecule has 0 saturated heterocycles. The van der Waals surface area contributed by atoms with E-state index in [0.717, 1.165) is 28.6 Å². The monoisotopic (exact) mass is 280 g/mol. The molecule has 1 aromatic rings. The van der Waals surface area contributed by atoms with Gasteiger partial charge in [-0.3, -0.25) is 0 Å². The molecule has 2 rings (SSSR count). The Bertz CT molecular complexity index is 428. The van der Waals surface area contributed by atoms with Gasteiger partial charge in [0.1, 0.15) is 0 Å². The summed E-state index contributed by atoms with van der Waals surface area (Å²) in [6.45, 7) is 0. The fourth-order valence-electron chi connectivity index (χ4n) is 1.46. The van der Waals surface area contributed by atoms with E-state index in [0.29, 0.717) is 5.92 Å². The molecule has 0 unspecified atom stereocenters. The zero-order valence-corrected chi connectivity index (χ0v) is 10.3. The van der Waals surface area contributed by atoms with Gasteiger partial charge in [-0.25, -0.2) is 0 Å². The minimum absolute atomic E-state index is 0.00439. The van der Waals surface area contributed by atoms with Gasteiger partial charge in [-0.1, -0.05) is 28.1 Å². The molecule has 0 bridgehead atoms. The normalized spacial score (nSPS) is 15.9. The zero-order valence-electron chi connectivity index (χ0n) is 8.73. The van der Waals surface area contributed by atoms with Crippen molar-refractivity contribution in [3.8, 4) is 0 Å². The summed E-state index contributed by atoms with van der Waals surface area (Å²) in [6, 6.07) is 8.01. The predicted molar refractivity (Wildman–Crippen MR) is 69.2 cm³/mol. The summed E-state index contributed by atoms with van der Waals surface area (Å²) >= 11 is 3.40. The summed E-state index contributed by atoms with van der Waals surface area (Å²) in [5.74, 6) is 0.500. The highest BCUT2D eigenvalue weighted by atomic mass is 79.9. The summed E-state index contributed by atoms with van der Waals surface area (Å²) in [7, 11) is 0. The van der Waals surface area contributed by atoms with Crippen LogP contribution in [0, 0.1) is 5.92 Å². The molecule has 4 N–H and O–H groups in total. The van der Waals surface area contributed by atoms with Crippen LogP contribution < -0.4 is 11.5 Å². The van der Waals surface area contributed by atoms with Crippen molar-refractivity contribution >= 4 is 27.6 Å². The minimum Gasteiger partial charge on any atom is -0.369 e. The van der Waals surface area contributed by atoms with Crippen molar-refractivity contribution < 1.29 is 0 Å². The number of benzene rings is 1. The molecule has 1 saturated carbocycles. The van der Waals surface area contributed by atoms with E-state index in [1.807, 2.05) is 24.3 Å². The average molecular weight is 281 g/mol. The van der Waals surface area contributed by atoms with Crippen LogP contribution in [-0.2, 0) is 0 Å². The van der Waals surface area contributed by atoms with Crippen LogP contribution in [0.15, 0.2) is 38.9 Å². The summed E-state index contributed by atoms with van der Waals surface area (Å²) in [6.07, 6.45) is 2.32. The van der Waals surface area contributed by atoms with E-state index >= 15 is 0 Å². The Morgan fingerprint density at radius 3 is 2.25 bits per heavy atom. The van der Waals surface area contributed by atoms with Crippen LogP contribution in [0.25, 0.3) is 0 Å². The van der Waals surface area contributed by atoms with Gasteiger partial charge >= 0.3 is 0 Å². The molecule has 84 valence electrons. The molecule has 1 fully saturated rings. The van der Waals surface area contributed by atoms with E-state index < -0.39 is 0 Å². The van der Waals surface area contributed by atoms with Gasteiger partial charge in [0, 0.05) is 10.4 Å². The van der Waals surface area contributed by atoms with Gasteiger partial charge in [-0.05, 0) is 30.5 Å². The summed E-state index contributed by atoms with van der Waals surface area (Å²) in [5.41, 5.74) is 12.6. The third-order valence-electron chi connectivity index (χ3n) is 2.38. The smallest absolute Gasteiger partial charge is 0.211 e. The van der Waals surface area contributed by atoms with Crippen molar-refractivity contribution in [2.24, 2.45) is 27.6 Å². The molecule has 1 aliphatic carbocycles. The zero-order chi connectivity index (χ0) is 11.5. The molecular weight excluding hydrogens is 268 g/mol.